The third-order valence-corrected chi connectivity index (χ3v) is 3.05. The highest BCUT2D eigenvalue weighted by Gasteiger charge is 2.11. The number of nitriles is 1. The Morgan fingerprint density at radius 2 is 2.10 bits per heavy atom. The van der Waals surface area contributed by atoms with Gasteiger partial charge in [0, 0.05) is 17.6 Å². The Kier molecular flexibility index (Phi) is 3.23. The molecule has 0 spiro atoms. The highest BCUT2D eigenvalue weighted by molar-refractivity contribution is 6.30. The number of nitrogens with one attached hydrogen (secondary N) is 1. The van der Waals surface area contributed by atoms with Crippen LogP contribution in [0.2, 0.25) is 5.02 Å². The lowest BCUT2D eigenvalue weighted by molar-refractivity contribution is 0.424. The van der Waals surface area contributed by atoms with Crippen LogP contribution in [0.3, 0.4) is 0 Å². The molecular weight excluding hydrogens is 276 g/mol. The molecule has 0 unspecified atom stereocenters. The zero-order valence-corrected chi connectivity index (χ0v) is 11.1. The van der Waals surface area contributed by atoms with Crippen LogP contribution in [0.1, 0.15) is 17.1 Å². The third-order valence-electron chi connectivity index (χ3n) is 2.79. The van der Waals surface area contributed by atoms with E-state index < -0.39 is 0 Å². The second kappa shape index (κ2) is 5.19. The largest absolute Gasteiger partial charge is 0.352 e. The standard InChI is InChI=1S/C14H9ClN4O/c15-11-3-1-9(2-4-11)5-13-18-14(20-19-13)10-6-12(7-16)17-8-10/h1-4,6,8,17H,5H2. The van der Waals surface area contributed by atoms with E-state index in [4.69, 9.17) is 21.4 Å². The van der Waals surface area contributed by atoms with Gasteiger partial charge in [0.25, 0.3) is 5.89 Å². The van der Waals surface area contributed by atoms with Crippen molar-refractivity contribution in [2.24, 2.45) is 0 Å². The summed E-state index contributed by atoms with van der Waals surface area (Å²) in [4.78, 5) is 7.12. The first-order valence-electron chi connectivity index (χ1n) is 5.90. The lowest BCUT2D eigenvalue weighted by atomic mass is 10.1. The summed E-state index contributed by atoms with van der Waals surface area (Å²) in [6, 6.07) is 11.2. The number of halogens is 1. The van der Waals surface area contributed by atoms with Crippen LogP contribution in [0.15, 0.2) is 41.1 Å². The molecule has 0 fully saturated rings. The summed E-state index contributed by atoms with van der Waals surface area (Å²) in [7, 11) is 0. The molecule has 3 rings (SSSR count). The normalized spacial score (nSPS) is 10.4. The van der Waals surface area contributed by atoms with E-state index in [1.807, 2.05) is 30.3 Å². The zero-order valence-electron chi connectivity index (χ0n) is 10.3. The molecule has 0 aliphatic rings. The van der Waals surface area contributed by atoms with Crippen LogP contribution in [0.4, 0.5) is 0 Å². The summed E-state index contributed by atoms with van der Waals surface area (Å²) in [6.07, 6.45) is 2.23. The van der Waals surface area contributed by atoms with Crippen LogP contribution >= 0.6 is 11.6 Å². The highest BCUT2D eigenvalue weighted by Crippen LogP contribution is 2.19. The first kappa shape index (κ1) is 12.5. The van der Waals surface area contributed by atoms with Crippen LogP contribution in [0.25, 0.3) is 11.5 Å². The fraction of sp³-hybridized carbons (Fsp3) is 0.0714. The topological polar surface area (TPSA) is 78.5 Å². The molecule has 1 aromatic carbocycles. The first-order valence-corrected chi connectivity index (χ1v) is 6.28. The summed E-state index contributed by atoms with van der Waals surface area (Å²) in [6.45, 7) is 0. The van der Waals surface area contributed by atoms with Crippen molar-refractivity contribution in [2.45, 2.75) is 6.42 Å². The Hall–Kier alpha value is -2.58. The molecule has 20 heavy (non-hydrogen) atoms. The molecule has 0 atom stereocenters. The molecule has 0 bridgehead atoms. The molecule has 6 heteroatoms. The van der Waals surface area contributed by atoms with Crippen molar-refractivity contribution in [2.75, 3.05) is 0 Å². The van der Waals surface area contributed by atoms with Crippen molar-refractivity contribution in [1.82, 2.24) is 15.1 Å². The second-order valence-electron chi connectivity index (χ2n) is 4.23. The Balaban J connectivity index is 1.80. The lowest BCUT2D eigenvalue weighted by Crippen LogP contribution is -1.90. The molecule has 2 heterocycles. The second-order valence-corrected chi connectivity index (χ2v) is 4.67. The Bertz CT molecular complexity index is 767. The lowest BCUT2D eigenvalue weighted by Gasteiger charge is -1.95. The minimum atomic E-state index is 0.395. The van der Waals surface area contributed by atoms with Gasteiger partial charge in [0.15, 0.2) is 5.82 Å². The van der Waals surface area contributed by atoms with Gasteiger partial charge in [-0.2, -0.15) is 10.2 Å². The quantitative estimate of drug-likeness (QED) is 0.801. The number of hydrogen-bond acceptors (Lipinski definition) is 4. The molecule has 0 saturated carbocycles. The van der Waals surface area contributed by atoms with Gasteiger partial charge < -0.3 is 9.51 Å². The molecule has 2 aromatic heterocycles. The number of hydrogen-bond donors (Lipinski definition) is 1. The fourth-order valence-electron chi connectivity index (χ4n) is 1.81. The average Bonchev–Trinajstić information content (AvgIpc) is 3.10. The van der Waals surface area contributed by atoms with Crippen molar-refractivity contribution in [3.05, 3.63) is 58.6 Å². The predicted octanol–water partition coefficient (Wildman–Crippen LogP) is 3.18. The SMILES string of the molecule is N#Cc1cc(-c2nc(Cc3ccc(Cl)cc3)no2)c[nH]1. The Labute approximate surface area is 119 Å². The maximum Gasteiger partial charge on any atom is 0.259 e. The van der Waals surface area contributed by atoms with E-state index in [2.05, 4.69) is 15.1 Å². The number of aromatic amines is 1. The number of benzene rings is 1. The monoisotopic (exact) mass is 284 g/mol. The van der Waals surface area contributed by atoms with E-state index in [1.165, 1.54) is 0 Å². The van der Waals surface area contributed by atoms with Gasteiger partial charge in [0.05, 0.1) is 5.56 Å². The van der Waals surface area contributed by atoms with E-state index in [9.17, 15) is 0 Å². The number of rotatable bonds is 3. The minimum Gasteiger partial charge on any atom is -0.352 e. The van der Waals surface area contributed by atoms with Gasteiger partial charge in [-0.1, -0.05) is 28.9 Å². The van der Waals surface area contributed by atoms with Crippen molar-refractivity contribution >= 4 is 11.6 Å². The van der Waals surface area contributed by atoms with Gasteiger partial charge in [0.1, 0.15) is 11.8 Å². The maximum atomic E-state index is 8.76. The van der Waals surface area contributed by atoms with E-state index >= 15 is 0 Å². The molecule has 5 nitrogen and oxygen atoms in total. The number of H-pyrrole nitrogens is 1. The molecule has 0 amide bonds. The van der Waals surface area contributed by atoms with Gasteiger partial charge in [-0.15, -0.1) is 0 Å². The van der Waals surface area contributed by atoms with Crippen molar-refractivity contribution in [3.63, 3.8) is 0 Å². The first-order chi connectivity index (χ1) is 9.74. The summed E-state index contributed by atoms with van der Waals surface area (Å²) < 4.78 is 5.19. The van der Waals surface area contributed by atoms with Crippen molar-refractivity contribution in [3.8, 4) is 17.5 Å². The zero-order chi connectivity index (χ0) is 13.9. The van der Waals surface area contributed by atoms with E-state index in [0.29, 0.717) is 34.4 Å². The van der Waals surface area contributed by atoms with Gasteiger partial charge in [-0.05, 0) is 23.8 Å². The molecule has 98 valence electrons. The van der Waals surface area contributed by atoms with Crippen LogP contribution in [0.5, 0.6) is 0 Å². The molecule has 0 aliphatic heterocycles. The summed E-state index contributed by atoms with van der Waals surface area (Å²) >= 11 is 5.84. The molecule has 1 N–H and O–H groups in total. The molecule has 0 aliphatic carbocycles. The molecule has 0 saturated heterocycles. The number of nitrogens with zero attached hydrogens (tertiary/aromatic N) is 3. The Morgan fingerprint density at radius 1 is 1.30 bits per heavy atom. The van der Waals surface area contributed by atoms with Gasteiger partial charge in [-0.25, -0.2) is 0 Å². The smallest absolute Gasteiger partial charge is 0.259 e. The third kappa shape index (κ3) is 2.56. The predicted molar refractivity (Wildman–Crippen MR) is 73.1 cm³/mol. The van der Waals surface area contributed by atoms with Crippen LogP contribution in [-0.2, 0) is 6.42 Å². The molecular formula is C14H9ClN4O. The highest BCUT2D eigenvalue weighted by atomic mass is 35.5. The fourth-order valence-corrected chi connectivity index (χ4v) is 1.94. The van der Waals surface area contributed by atoms with Crippen LogP contribution in [0, 0.1) is 11.3 Å². The van der Waals surface area contributed by atoms with Crippen LogP contribution in [-0.4, -0.2) is 15.1 Å². The van der Waals surface area contributed by atoms with Gasteiger partial charge in [0.2, 0.25) is 0 Å². The minimum absolute atomic E-state index is 0.395. The summed E-state index contributed by atoms with van der Waals surface area (Å²) in [5, 5.41) is 13.4. The van der Waals surface area contributed by atoms with Gasteiger partial charge in [-0.3, -0.25) is 0 Å². The summed E-state index contributed by atoms with van der Waals surface area (Å²) in [5.41, 5.74) is 2.21. The Morgan fingerprint density at radius 3 is 2.80 bits per heavy atom. The van der Waals surface area contributed by atoms with E-state index in [1.54, 1.807) is 12.3 Å². The van der Waals surface area contributed by atoms with Crippen molar-refractivity contribution in [1.29, 1.82) is 5.26 Å². The summed E-state index contributed by atoms with van der Waals surface area (Å²) in [5.74, 6) is 0.980. The van der Waals surface area contributed by atoms with E-state index in [0.717, 1.165) is 5.56 Å². The van der Waals surface area contributed by atoms with Crippen molar-refractivity contribution < 1.29 is 4.52 Å². The average molecular weight is 285 g/mol. The molecule has 0 radical (unpaired) electrons. The van der Waals surface area contributed by atoms with Gasteiger partial charge >= 0.3 is 0 Å². The number of aromatic nitrogens is 3. The van der Waals surface area contributed by atoms with Crippen LogP contribution < -0.4 is 0 Å². The molecule has 3 aromatic rings. The van der Waals surface area contributed by atoms with E-state index in [-0.39, 0.29) is 0 Å². The maximum absolute atomic E-state index is 8.76.